The van der Waals surface area contributed by atoms with E-state index in [-0.39, 0.29) is 0 Å². The largest absolute Gasteiger partial charge is 0.750 e. The highest BCUT2D eigenvalue weighted by Crippen LogP contribution is 2.23. The molecule has 0 amide bonds. The van der Waals surface area contributed by atoms with Gasteiger partial charge < -0.3 is 9.29 Å². The highest BCUT2D eigenvalue weighted by atomic mass is 32.2. The molecule has 1 aliphatic heterocycles. The van der Waals surface area contributed by atoms with Gasteiger partial charge in [-0.2, -0.15) is 0 Å². The summed E-state index contributed by atoms with van der Waals surface area (Å²) in [5.74, 6) is 0. The fraction of sp³-hybridized carbons (Fsp3) is 1.00. The van der Waals surface area contributed by atoms with Crippen molar-refractivity contribution in [3.8, 4) is 0 Å². The van der Waals surface area contributed by atoms with Crippen LogP contribution in [-0.4, -0.2) is 31.0 Å². The quantitative estimate of drug-likeness (QED) is 0.419. The lowest BCUT2D eigenvalue weighted by atomic mass is 10.2. The zero-order valence-corrected chi connectivity index (χ0v) is 9.19. The van der Waals surface area contributed by atoms with Crippen molar-refractivity contribution >= 4 is 21.6 Å². The molecule has 0 aliphatic carbocycles. The first-order valence-electron chi connectivity index (χ1n) is 3.55. The number of hydrogen-bond acceptors (Lipinski definition) is 4. The van der Waals surface area contributed by atoms with Gasteiger partial charge >= 0.3 is 0 Å². The first-order chi connectivity index (χ1) is 5.12. The molecule has 66 valence electrons. The summed E-state index contributed by atoms with van der Waals surface area (Å²) in [7, 11) is 0.590. The van der Waals surface area contributed by atoms with Gasteiger partial charge in [-0.3, -0.25) is 4.18 Å². The van der Waals surface area contributed by atoms with Crippen LogP contribution in [0.25, 0.3) is 0 Å². The van der Waals surface area contributed by atoms with Crippen LogP contribution in [0.1, 0.15) is 19.3 Å². The Labute approximate surface area is 71.2 Å². The molecule has 1 heterocycles. The number of hydrogen-bond donors (Lipinski definition) is 0. The van der Waals surface area contributed by atoms with Crippen LogP contribution >= 0.6 is 0 Å². The molecule has 4 nitrogen and oxygen atoms in total. The van der Waals surface area contributed by atoms with Crippen molar-refractivity contribution < 1.29 is 17.7 Å². The Balaban J connectivity index is 2.43. The van der Waals surface area contributed by atoms with Gasteiger partial charge in [0.05, 0.1) is 21.6 Å². The lowest BCUT2D eigenvalue weighted by Gasteiger charge is -2.33. The summed E-state index contributed by atoms with van der Waals surface area (Å²) >= 11 is -2.44. The summed E-state index contributed by atoms with van der Waals surface area (Å²) in [5, 5.41) is 0. The molecule has 0 aromatic heterocycles. The van der Waals surface area contributed by atoms with Crippen LogP contribution < -0.4 is 0 Å². The zero-order chi connectivity index (χ0) is 8.32. The maximum atomic E-state index is 10.2. The van der Waals surface area contributed by atoms with Crippen LogP contribution in [0, 0.1) is 0 Å². The second kappa shape index (κ2) is 3.77. The Kier molecular flexibility index (Phi) is 3.20. The van der Waals surface area contributed by atoms with Gasteiger partial charge in [0.1, 0.15) is 0 Å². The van der Waals surface area contributed by atoms with Crippen LogP contribution in [-0.2, 0) is 20.3 Å². The molecule has 0 aromatic carbocycles. The molecule has 1 saturated heterocycles. The van der Waals surface area contributed by atoms with Crippen molar-refractivity contribution in [2.24, 2.45) is 0 Å². The monoisotopic (exact) mass is 195 g/mol. The van der Waals surface area contributed by atoms with Gasteiger partial charge in [0, 0.05) is 6.61 Å². The number of rotatable bonds is 2. The van der Waals surface area contributed by atoms with Crippen molar-refractivity contribution in [2.45, 2.75) is 24.7 Å². The van der Waals surface area contributed by atoms with E-state index in [1.54, 1.807) is 0 Å². The Morgan fingerprint density at radius 1 is 1.64 bits per heavy atom. The maximum Gasteiger partial charge on any atom is 0.155 e. The number of ether oxygens (including phenoxy) is 1. The van der Waals surface area contributed by atoms with Crippen LogP contribution in [0.4, 0.5) is 0 Å². The molecule has 11 heavy (non-hydrogen) atoms. The molecular formula is C5H11O4SSi-. The minimum atomic E-state index is -2.44. The summed E-state index contributed by atoms with van der Waals surface area (Å²) in [4.78, 5) is 0. The molecular weight excluding hydrogens is 184 g/mol. The Morgan fingerprint density at radius 2 is 2.36 bits per heavy atom. The van der Waals surface area contributed by atoms with Gasteiger partial charge in [0.2, 0.25) is 0 Å². The summed E-state index contributed by atoms with van der Waals surface area (Å²) in [6, 6.07) is 0. The van der Waals surface area contributed by atoms with Crippen molar-refractivity contribution in [2.75, 3.05) is 6.61 Å². The van der Waals surface area contributed by atoms with Gasteiger partial charge in [-0.05, 0) is 19.3 Å². The highest BCUT2D eigenvalue weighted by molar-refractivity contribution is 7.74. The van der Waals surface area contributed by atoms with E-state index in [0.29, 0.717) is 23.3 Å². The molecule has 0 saturated carbocycles. The van der Waals surface area contributed by atoms with E-state index in [4.69, 9.17) is 4.74 Å². The summed E-state index contributed by atoms with van der Waals surface area (Å²) < 4.78 is 30.2. The molecule has 0 aromatic rings. The molecule has 1 fully saturated rings. The van der Waals surface area contributed by atoms with Crippen molar-refractivity contribution in [1.29, 1.82) is 0 Å². The SMILES string of the molecule is O=S([O-])OC1([SiH3])CCCCO1. The van der Waals surface area contributed by atoms with E-state index in [2.05, 4.69) is 4.18 Å². The normalized spacial score (nSPS) is 35.4. The molecule has 0 bridgehead atoms. The van der Waals surface area contributed by atoms with Crippen molar-refractivity contribution in [1.82, 2.24) is 0 Å². The van der Waals surface area contributed by atoms with Gasteiger partial charge in [-0.25, -0.2) is 4.21 Å². The Morgan fingerprint density at radius 3 is 2.82 bits per heavy atom. The zero-order valence-electron chi connectivity index (χ0n) is 6.37. The molecule has 2 unspecified atom stereocenters. The Bertz CT molecular complexity index is 157. The fourth-order valence-electron chi connectivity index (χ4n) is 1.12. The van der Waals surface area contributed by atoms with Crippen LogP contribution in [0.15, 0.2) is 0 Å². The van der Waals surface area contributed by atoms with Crippen LogP contribution in [0.2, 0.25) is 0 Å². The predicted octanol–water partition coefficient (Wildman–Crippen LogP) is -0.983. The predicted molar refractivity (Wildman–Crippen MR) is 42.5 cm³/mol. The van der Waals surface area contributed by atoms with Crippen LogP contribution in [0.3, 0.4) is 0 Å². The van der Waals surface area contributed by atoms with Crippen molar-refractivity contribution in [3.05, 3.63) is 0 Å². The summed E-state index contributed by atoms with van der Waals surface area (Å²) in [5.41, 5.74) is -0.773. The fourth-order valence-corrected chi connectivity index (χ4v) is 2.50. The second-order valence-corrected chi connectivity index (χ2v) is 4.83. The molecule has 0 radical (unpaired) electrons. The van der Waals surface area contributed by atoms with E-state index in [1.807, 2.05) is 0 Å². The smallest absolute Gasteiger partial charge is 0.155 e. The third kappa shape index (κ3) is 3.00. The van der Waals surface area contributed by atoms with E-state index in [0.717, 1.165) is 12.8 Å². The topological polar surface area (TPSA) is 58.6 Å². The third-order valence-electron chi connectivity index (χ3n) is 1.68. The van der Waals surface area contributed by atoms with Gasteiger partial charge in [0.25, 0.3) is 0 Å². The van der Waals surface area contributed by atoms with Gasteiger partial charge in [-0.15, -0.1) is 0 Å². The average molecular weight is 195 g/mol. The summed E-state index contributed by atoms with van der Waals surface area (Å²) in [6.45, 7) is 0.612. The van der Waals surface area contributed by atoms with Crippen LogP contribution in [0.5, 0.6) is 0 Å². The van der Waals surface area contributed by atoms with E-state index in [9.17, 15) is 8.76 Å². The highest BCUT2D eigenvalue weighted by Gasteiger charge is 2.28. The Hall–Kier alpha value is 0.247. The van der Waals surface area contributed by atoms with Crippen molar-refractivity contribution in [3.63, 3.8) is 0 Å². The van der Waals surface area contributed by atoms with Gasteiger partial charge in [-0.1, -0.05) is 0 Å². The van der Waals surface area contributed by atoms with E-state index < -0.39 is 16.8 Å². The lowest BCUT2D eigenvalue weighted by Crippen LogP contribution is -2.40. The van der Waals surface area contributed by atoms with Gasteiger partial charge in [0.15, 0.2) is 5.41 Å². The standard InChI is InChI=1S/C5H12O4SSi/c6-10(7)9-5(11)3-1-2-4-8-5/h1-4H2,11H3,(H,6,7)/p-1. The summed E-state index contributed by atoms with van der Waals surface area (Å²) in [6.07, 6.45) is 2.69. The van der Waals surface area contributed by atoms with E-state index >= 15 is 0 Å². The molecule has 6 heteroatoms. The van der Waals surface area contributed by atoms with E-state index in [1.165, 1.54) is 0 Å². The lowest BCUT2D eigenvalue weighted by molar-refractivity contribution is -0.140. The molecule has 1 aliphatic rings. The second-order valence-electron chi connectivity index (χ2n) is 2.73. The molecule has 2 atom stereocenters. The molecule has 0 spiro atoms. The average Bonchev–Trinajstić information content (AvgIpc) is 1.85. The molecule has 1 rings (SSSR count). The first kappa shape index (κ1) is 9.34. The maximum absolute atomic E-state index is 10.2. The minimum absolute atomic E-state index is 0.590. The first-order valence-corrected chi connectivity index (χ1v) is 5.55. The molecule has 0 N–H and O–H groups in total. The third-order valence-corrected chi connectivity index (χ3v) is 3.45. The minimum Gasteiger partial charge on any atom is -0.750 e.